The molecule has 0 spiro atoms. The van der Waals surface area contributed by atoms with Crippen molar-refractivity contribution in [1.29, 1.82) is 0 Å². The van der Waals surface area contributed by atoms with Crippen molar-refractivity contribution in [3.63, 3.8) is 0 Å². The Morgan fingerprint density at radius 3 is 1.72 bits per heavy atom. The molecular formula is C90H123N21O22S. The summed E-state index contributed by atoms with van der Waals surface area (Å²) in [6.07, 6.45) is 2.26. The van der Waals surface area contributed by atoms with Crippen LogP contribution in [0.2, 0.25) is 0 Å². The van der Waals surface area contributed by atoms with Crippen molar-refractivity contribution in [2.75, 3.05) is 58.9 Å². The zero-order chi connectivity index (χ0) is 97.9. The number of nitrogens with two attached hydrogens (primary N) is 3. The van der Waals surface area contributed by atoms with E-state index in [-0.39, 0.29) is 95.2 Å². The van der Waals surface area contributed by atoms with Gasteiger partial charge in [0.05, 0.1) is 49.9 Å². The number of aliphatic hydroxyl groups is 2. The highest BCUT2D eigenvalue weighted by molar-refractivity contribution is 8.00. The lowest BCUT2D eigenvalue weighted by Gasteiger charge is -2.36. The molecule has 6 heterocycles. The van der Waals surface area contributed by atoms with Crippen molar-refractivity contribution >= 4 is 140 Å². The topological polar surface area (TPSA) is 651 Å². The summed E-state index contributed by atoms with van der Waals surface area (Å²) in [6, 6.07) is -0.799. The number of likely N-dealkylation sites (N-methyl/N-ethyl adjacent to an activating group) is 3. The van der Waals surface area contributed by atoms with Gasteiger partial charge in [0.15, 0.2) is 0 Å². The molecule has 726 valence electrons. The molecule has 3 fully saturated rings. The minimum absolute atomic E-state index is 0.0380. The van der Waals surface area contributed by atoms with Gasteiger partial charge in [-0.2, -0.15) is 0 Å². The second-order valence-corrected chi connectivity index (χ2v) is 35.4. The van der Waals surface area contributed by atoms with Crippen molar-refractivity contribution in [1.82, 2.24) is 92.3 Å². The minimum Gasteiger partial charge on any atom is -0.508 e. The normalized spacial score (nSPS) is 25.4. The number of aromatic nitrogens is 4. The third-order valence-electron chi connectivity index (χ3n) is 24.5. The third kappa shape index (κ3) is 28.5. The number of hydrogen-bond donors (Lipinski definition) is 19. The molecule has 0 radical (unpaired) electrons. The number of rotatable bonds is 25. The van der Waals surface area contributed by atoms with Gasteiger partial charge in [0.2, 0.25) is 100 Å². The Hall–Kier alpha value is -13.5. The molecule has 44 heteroatoms. The molecule has 3 aliphatic rings. The van der Waals surface area contributed by atoms with Crippen LogP contribution < -0.4 is 65.1 Å². The molecule has 3 aromatic heterocycles. The van der Waals surface area contributed by atoms with Crippen LogP contribution in [-0.2, 0) is 112 Å². The second-order valence-electron chi connectivity index (χ2n) is 34.4. The Morgan fingerprint density at radius 2 is 1.11 bits per heavy atom. The Kier molecular flexibility index (Phi) is 38.3. The number of amides is 17. The fourth-order valence-corrected chi connectivity index (χ4v) is 17.9. The molecule has 0 bridgehead atoms. The zero-order valence-electron chi connectivity index (χ0n) is 75.9. The van der Waals surface area contributed by atoms with Gasteiger partial charge in [-0.3, -0.25) is 86.3 Å². The van der Waals surface area contributed by atoms with E-state index in [1.807, 2.05) is 19.1 Å². The number of phenolic OH excluding ortho intramolecular Hbond substituents is 1. The van der Waals surface area contributed by atoms with Crippen LogP contribution in [0.3, 0.4) is 0 Å². The van der Waals surface area contributed by atoms with Gasteiger partial charge < -0.3 is 125 Å². The Labute approximate surface area is 776 Å². The smallest absolute Gasteiger partial charge is 0.305 e. The number of para-hydroxylation sites is 2. The number of thioether (sulfide) groups is 1. The standard InChI is InChI=1S/C90H123N21O22S/c1-8-10-21-69-84(127)102-63(38-77(119)120)82(125)106-68(80(123)97-42-75(93)117)45-134-46-76(118)99-64(32-50-24-26-55(113)27-25-50)86(129)107(5)49(4)78(121)103-66(37-74(92)116)89(132)110-30-16-23-70(110)85(128)101-62(35-54-41-94-47-98-54)81(124)100-61(28-29-73(91)115)88(131)111-43-56(114)36-72(111)48(3)31-51(33-52-39-95-59-19-14-12-17-57(52)59)79(122)105-67(44-112)83(126)104-65(34-53-40-96-60-20-15-13-18-58(53)60)87(130)109(7)71(22-11-9-2)90(133)108(69)6/h12-15,17-20,24-27,39-41,47-49,51,56,61-72,95-96,112-114H,8-11,16,21-23,28-38,42-46H2,1-7H3,(H2,91,115)(H2,92,116)(H2,93,117)(H,94,98)(H,97,123)(H,99,118)(H,100,124)(H,101,128)(H,102,127)(H,103,121)(H,104,126)(H,105,122)(H,106,125)(H,119,120)/t48?,49-,51-,56+,61-,62-,63-,64-,65-,66-,67-,68-,69-,70-,71-,72-/m0/s1. The first-order valence-electron chi connectivity index (χ1n) is 44.7. The molecule has 6 aromatic rings. The van der Waals surface area contributed by atoms with Crippen molar-refractivity contribution in [3.05, 3.63) is 120 Å². The van der Waals surface area contributed by atoms with E-state index in [9.17, 15) is 78.0 Å². The van der Waals surface area contributed by atoms with Crippen LogP contribution in [0.5, 0.6) is 5.75 Å². The van der Waals surface area contributed by atoms with E-state index in [1.165, 1.54) is 69.8 Å². The Morgan fingerprint density at radius 1 is 0.545 bits per heavy atom. The van der Waals surface area contributed by atoms with Crippen molar-refractivity contribution in [2.45, 2.75) is 228 Å². The molecule has 0 saturated carbocycles. The lowest BCUT2D eigenvalue weighted by molar-refractivity contribution is -0.150. The molecule has 134 heavy (non-hydrogen) atoms. The van der Waals surface area contributed by atoms with E-state index in [0.29, 0.717) is 64.1 Å². The maximum Gasteiger partial charge on any atom is 0.305 e. The number of aliphatic carboxylic acids is 1. The lowest BCUT2D eigenvalue weighted by Crippen LogP contribution is -2.61. The number of carbonyl (C=O) groups is 18. The summed E-state index contributed by atoms with van der Waals surface area (Å²) in [6.45, 7) is 4.28. The molecule has 43 nitrogen and oxygen atoms in total. The van der Waals surface area contributed by atoms with E-state index in [2.05, 4.69) is 67.8 Å². The first-order chi connectivity index (χ1) is 63.8. The molecular weight excluding hydrogens is 1760 g/mol. The highest BCUT2D eigenvalue weighted by atomic mass is 32.2. The van der Waals surface area contributed by atoms with Crippen LogP contribution in [0.15, 0.2) is 97.7 Å². The number of phenols is 1. The average molecular weight is 1880 g/mol. The van der Waals surface area contributed by atoms with E-state index in [4.69, 9.17) is 17.2 Å². The van der Waals surface area contributed by atoms with Crippen molar-refractivity contribution < 1.29 is 107 Å². The van der Waals surface area contributed by atoms with E-state index in [0.717, 1.165) is 25.0 Å². The molecule has 22 N–H and O–H groups in total. The first kappa shape index (κ1) is 104. The molecule has 3 aliphatic heterocycles. The van der Waals surface area contributed by atoms with Gasteiger partial charge in [-0.1, -0.05) is 95.0 Å². The number of fused-ring (bicyclic) bond motifs is 4. The minimum atomic E-state index is -2.02. The predicted octanol–water partition coefficient (Wildman–Crippen LogP) is -2.34. The summed E-state index contributed by atoms with van der Waals surface area (Å²) in [4.78, 5) is 279. The Bertz CT molecular complexity index is 5210. The number of aromatic hydroxyl groups is 1. The van der Waals surface area contributed by atoms with Gasteiger partial charge >= 0.3 is 5.97 Å². The molecule has 3 saturated heterocycles. The zero-order valence-corrected chi connectivity index (χ0v) is 76.7. The van der Waals surface area contributed by atoms with Gasteiger partial charge in [0.1, 0.15) is 78.3 Å². The first-order valence-corrected chi connectivity index (χ1v) is 45.8. The number of nitrogens with one attached hydrogen (secondary N) is 12. The highest BCUT2D eigenvalue weighted by Gasteiger charge is 2.47. The average Bonchev–Trinajstić information content (AvgIpc) is 1.37. The molecule has 1 unspecified atom stereocenters. The number of primary amides is 3. The quantitative estimate of drug-likeness (QED) is 0.0286. The van der Waals surface area contributed by atoms with Crippen LogP contribution in [-0.4, -0.2) is 315 Å². The van der Waals surface area contributed by atoms with E-state index < -0.39 is 253 Å². The number of aromatic amines is 3. The largest absolute Gasteiger partial charge is 0.508 e. The molecule has 3 aromatic carbocycles. The fourth-order valence-electron chi connectivity index (χ4n) is 17.0. The molecule has 0 aliphatic carbocycles. The summed E-state index contributed by atoms with van der Waals surface area (Å²) in [5.41, 5.74) is 19.9. The number of H-pyrrole nitrogens is 3. The van der Waals surface area contributed by atoms with Crippen LogP contribution in [0.1, 0.15) is 140 Å². The number of benzene rings is 3. The maximum atomic E-state index is 15.7. The third-order valence-corrected chi connectivity index (χ3v) is 25.5. The van der Waals surface area contributed by atoms with E-state index in [1.54, 1.807) is 62.6 Å². The molecule has 16 atom stereocenters. The summed E-state index contributed by atoms with van der Waals surface area (Å²) in [5.74, 6) is -21.4. The predicted molar refractivity (Wildman–Crippen MR) is 487 cm³/mol. The molecule has 17 amide bonds. The Balaban J connectivity index is 1.10. The maximum absolute atomic E-state index is 15.7. The van der Waals surface area contributed by atoms with E-state index >= 15 is 28.8 Å². The lowest BCUT2D eigenvalue weighted by atomic mass is 9.84. The number of carboxylic acid groups (broad SMARTS) is 1. The van der Waals surface area contributed by atoms with Crippen LogP contribution in [0, 0.1) is 11.8 Å². The van der Waals surface area contributed by atoms with Gasteiger partial charge in [-0.25, -0.2) is 4.98 Å². The van der Waals surface area contributed by atoms with Crippen molar-refractivity contribution in [3.8, 4) is 5.75 Å². The van der Waals surface area contributed by atoms with Crippen LogP contribution >= 0.6 is 11.8 Å². The SMILES string of the molecule is CCCC[C@H]1C(=O)N(C)[C@@H](CCCC)C(=O)N[C@@H](CC(=O)O)C(=O)N[C@H](C(=O)NCC(N)=O)CSCC(=O)N[C@@H](Cc2ccc(O)cc2)C(=O)N(C)[C@@H](C)C(=O)N[C@@H](CC(N)=O)C(=O)N2CCC[C@H]2C(=O)N[C@@H](Cc2c[nH]cn2)C(=O)N[C@@H](CCC(N)=O)C(=O)N2C[C@H](O)C[C@H]2C(C)C[C@@H](Cc2c[nH]c3ccccc23)C(=O)N[C@@H](CO)C(=O)N[C@@H](Cc2c[nH]c3ccccc23)C(=O)N1C. The fraction of sp³-hybridized carbons (Fsp3) is 0.522. The second kappa shape index (κ2) is 49.3. The highest BCUT2D eigenvalue weighted by Crippen LogP contribution is 2.34. The van der Waals surface area contributed by atoms with Gasteiger partial charge in [0, 0.05) is 118 Å². The summed E-state index contributed by atoms with van der Waals surface area (Å²) in [7, 11) is 3.78. The van der Waals surface area contributed by atoms with Gasteiger partial charge in [-0.15, -0.1) is 11.8 Å². The van der Waals surface area contributed by atoms with Crippen LogP contribution in [0.25, 0.3) is 21.8 Å². The number of hydrogen-bond acceptors (Lipinski definition) is 23. The summed E-state index contributed by atoms with van der Waals surface area (Å²) >= 11 is 0.680. The van der Waals surface area contributed by atoms with Crippen molar-refractivity contribution in [2.24, 2.45) is 29.0 Å². The molecule has 9 rings (SSSR count). The van der Waals surface area contributed by atoms with Gasteiger partial charge in [0.25, 0.3) is 0 Å². The monoisotopic (exact) mass is 1880 g/mol. The number of imidazole rings is 1. The van der Waals surface area contributed by atoms with Crippen LogP contribution in [0.4, 0.5) is 0 Å². The number of carboxylic acids is 1. The number of aliphatic hydroxyl groups excluding tert-OH is 2. The number of nitrogens with zero attached hydrogens (tertiary/aromatic N) is 6. The number of unbranched alkanes of at least 4 members (excludes halogenated alkanes) is 2. The summed E-state index contributed by atoms with van der Waals surface area (Å²) in [5, 5.41) is 67.8. The summed E-state index contributed by atoms with van der Waals surface area (Å²) < 4.78 is 0. The number of carbonyl (C=O) groups excluding carboxylic acids is 17. The van der Waals surface area contributed by atoms with Gasteiger partial charge in [-0.05, 0) is 105 Å².